The van der Waals surface area contributed by atoms with Crippen molar-refractivity contribution in [1.29, 1.82) is 0 Å². The smallest absolute Gasteiger partial charge is 0.251 e. The molecule has 0 radical (unpaired) electrons. The quantitative estimate of drug-likeness (QED) is 0.610. The van der Waals surface area contributed by atoms with Gasteiger partial charge in [0.15, 0.2) is 17.5 Å². The molecule has 0 saturated heterocycles. The maximum atomic E-state index is 12.9. The molecule has 0 aliphatic carbocycles. The van der Waals surface area contributed by atoms with Crippen LogP contribution in [0.3, 0.4) is 0 Å². The molecular weight excluding hydrogens is 273 g/mol. The summed E-state index contributed by atoms with van der Waals surface area (Å²) in [4.78, 5) is 13.5. The van der Waals surface area contributed by atoms with Crippen molar-refractivity contribution < 1.29 is 22.7 Å². The van der Waals surface area contributed by atoms with Gasteiger partial charge in [-0.3, -0.25) is 4.79 Å². The van der Waals surface area contributed by atoms with Crippen LogP contribution in [0.15, 0.2) is 12.1 Å². The van der Waals surface area contributed by atoms with Crippen molar-refractivity contribution in [2.45, 2.75) is 0 Å². The standard InChI is InChI=1S/C13H17F3N2O2/c1-18(2)4-6-20-5-3-17-13(19)9-7-10(14)12(16)11(15)8-9/h7-8H,3-6H2,1-2H3,(H,17,19). The Morgan fingerprint density at radius 2 is 1.80 bits per heavy atom. The van der Waals surface area contributed by atoms with E-state index in [9.17, 15) is 18.0 Å². The van der Waals surface area contributed by atoms with Crippen molar-refractivity contribution in [2.75, 3.05) is 40.4 Å². The highest BCUT2D eigenvalue weighted by Gasteiger charge is 2.14. The first-order chi connectivity index (χ1) is 9.41. The summed E-state index contributed by atoms with van der Waals surface area (Å²) in [5, 5.41) is 2.43. The highest BCUT2D eigenvalue weighted by Crippen LogP contribution is 2.13. The molecular formula is C13H17F3N2O2. The Hall–Kier alpha value is -1.60. The van der Waals surface area contributed by atoms with Gasteiger partial charge in [-0.2, -0.15) is 0 Å². The molecule has 1 amide bonds. The molecule has 1 aromatic rings. The molecule has 1 rings (SSSR count). The van der Waals surface area contributed by atoms with Crippen molar-refractivity contribution in [2.24, 2.45) is 0 Å². The van der Waals surface area contributed by atoms with Gasteiger partial charge in [-0.05, 0) is 26.2 Å². The highest BCUT2D eigenvalue weighted by molar-refractivity contribution is 5.94. The Kier molecular flexibility index (Phi) is 6.47. The lowest BCUT2D eigenvalue weighted by Crippen LogP contribution is -2.28. The maximum absolute atomic E-state index is 12.9. The highest BCUT2D eigenvalue weighted by atomic mass is 19.2. The third-order valence-electron chi connectivity index (χ3n) is 2.46. The predicted molar refractivity (Wildman–Crippen MR) is 68.0 cm³/mol. The summed E-state index contributed by atoms with van der Waals surface area (Å²) in [6.45, 7) is 1.75. The summed E-state index contributed by atoms with van der Waals surface area (Å²) in [7, 11) is 3.81. The van der Waals surface area contributed by atoms with Crippen LogP contribution >= 0.6 is 0 Å². The van der Waals surface area contributed by atoms with Crippen LogP contribution in [0.5, 0.6) is 0 Å². The number of nitrogens with zero attached hydrogens (tertiary/aromatic N) is 1. The molecule has 0 aromatic heterocycles. The van der Waals surface area contributed by atoms with Crippen molar-refractivity contribution >= 4 is 5.91 Å². The molecule has 0 spiro atoms. The van der Waals surface area contributed by atoms with Crippen LogP contribution < -0.4 is 5.32 Å². The Morgan fingerprint density at radius 3 is 2.35 bits per heavy atom. The lowest BCUT2D eigenvalue weighted by atomic mass is 10.2. The second-order valence-electron chi connectivity index (χ2n) is 4.43. The molecule has 1 aromatic carbocycles. The fourth-order valence-electron chi connectivity index (χ4n) is 1.37. The number of halogens is 3. The summed E-state index contributed by atoms with van der Waals surface area (Å²) in [5.41, 5.74) is -0.269. The third kappa shape index (κ3) is 5.18. The van der Waals surface area contributed by atoms with Gasteiger partial charge in [0.1, 0.15) is 0 Å². The minimum absolute atomic E-state index is 0.201. The van der Waals surface area contributed by atoms with Crippen LogP contribution in [-0.4, -0.2) is 51.2 Å². The number of hydrogen-bond acceptors (Lipinski definition) is 3. The van der Waals surface area contributed by atoms with E-state index in [0.29, 0.717) is 18.7 Å². The first-order valence-electron chi connectivity index (χ1n) is 6.07. The van der Waals surface area contributed by atoms with Gasteiger partial charge >= 0.3 is 0 Å². The third-order valence-corrected chi connectivity index (χ3v) is 2.46. The molecule has 1 N–H and O–H groups in total. The fourth-order valence-corrected chi connectivity index (χ4v) is 1.37. The first-order valence-corrected chi connectivity index (χ1v) is 6.07. The number of hydrogen-bond donors (Lipinski definition) is 1. The average Bonchev–Trinajstić information content (AvgIpc) is 2.38. The summed E-state index contributed by atoms with van der Waals surface area (Å²) < 4.78 is 43.8. The molecule has 0 aliphatic rings. The molecule has 7 heteroatoms. The van der Waals surface area contributed by atoms with Crippen LogP contribution in [0.2, 0.25) is 0 Å². The van der Waals surface area contributed by atoms with E-state index in [1.165, 1.54) is 0 Å². The van der Waals surface area contributed by atoms with E-state index in [-0.39, 0.29) is 18.7 Å². The van der Waals surface area contributed by atoms with E-state index in [0.717, 1.165) is 6.54 Å². The lowest BCUT2D eigenvalue weighted by molar-refractivity contribution is 0.0899. The van der Waals surface area contributed by atoms with E-state index in [2.05, 4.69) is 5.32 Å². The minimum atomic E-state index is -1.59. The molecule has 0 aliphatic heterocycles. The summed E-state index contributed by atoms with van der Waals surface area (Å²) in [6, 6.07) is 1.31. The topological polar surface area (TPSA) is 41.6 Å². The molecule has 112 valence electrons. The Labute approximate surface area is 115 Å². The number of nitrogens with one attached hydrogen (secondary N) is 1. The molecule has 0 heterocycles. The van der Waals surface area contributed by atoms with Crippen LogP contribution in [0.25, 0.3) is 0 Å². The van der Waals surface area contributed by atoms with Gasteiger partial charge in [-0.15, -0.1) is 0 Å². The maximum Gasteiger partial charge on any atom is 0.251 e. The largest absolute Gasteiger partial charge is 0.378 e. The molecule has 0 bridgehead atoms. The molecule has 0 saturated carbocycles. The number of amides is 1. The van der Waals surface area contributed by atoms with Crippen molar-refractivity contribution in [3.05, 3.63) is 35.1 Å². The van der Waals surface area contributed by atoms with E-state index in [1.807, 2.05) is 19.0 Å². The second kappa shape index (κ2) is 7.86. The SMILES string of the molecule is CN(C)CCOCCNC(=O)c1cc(F)c(F)c(F)c1. The molecule has 20 heavy (non-hydrogen) atoms. The van der Waals surface area contributed by atoms with E-state index in [1.54, 1.807) is 0 Å². The van der Waals surface area contributed by atoms with Gasteiger partial charge in [0.25, 0.3) is 5.91 Å². The Bertz CT molecular complexity index is 444. The predicted octanol–water partition coefficient (Wildman–Crippen LogP) is 1.41. The van der Waals surface area contributed by atoms with Crippen LogP contribution in [-0.2, 0) is 4.74 Å². The van der Waals surface area contributed by atoms with Gasteiger partial charge in [-0.25, -0.2) is 13.2 Å². The Morgan fingerprint density at radius 1 is 1.20 bits per heavy atom. The number of carbonyl (C=O) groups is 1. The summed E-state index contributed by atoms with van der Waals surface area (Å²) in [6.07, 6.45) is 0. The van der Waals surface area contributed by atoms with Gasteiger partial charge in [0, 0.05) is 18.7 Å². The second-order valence-corrected chi connectivity index (χ2v) is 4.43. The number of carbonyl (C=O) groups excluding carboxylic acids is 1. The summed E-state index contributed by atoms with van der Waals surface area (Å²) in [5.74, 6) is -5.05. The average molecular weight is 290 g/mol. The van der Waals surface area contributed by atoms with E-state index < -0.39 is 23.4 Å². The first kappa shape index (κ1) is 16.5. The van der Waals surface area contributed by atoms with Crippen LogP contribution in [0.4, 0.5) is 13.2 Å². The molecule has 0 atom stereocenters. The molecule has 4 nitrogen and oxygen atoms in total. The van der Waals surface area contributed by atoms with Crippen molar-refractivity contribution in [1.82, 2.24) is 10.2 Å². The minimum Gasteiger partial charge on any atom is -0.378 e. The zero-order chi connectivity index (χ0) is 15.1. The van der Waals surface area contributed by atoms with Crippen LogP contribution in [0, 0.1) is 17.5 Å². The zero-order valence-electron chi connectivity index (χ0n) is 11.4. The fraction of sp³-hybridized carbons (Fsp3) is 0.462. The summed E-state index contributed by atoms with van der Waals surface area (Å²) >= 11 is 0. The van der Waals surface area contributed by atoms with Gasteiger partial charge in [0.05, 0.1) is 13.2 Å². The van der Waals surface area contributed by atoms with Gasteiger partial charge < -0.3 is 15.0 Å². The lowest BCUT2D eigenvalue weighted by Gasteiger charge is -2.10. The van der Waals surface area contributed by atoms with Crippen molar-refractivity contribution in [3.8, 4) is 0 Å². The van der Waals surface area contributed by atoms with Crippen LogP contribution in [0.1, 0.15) is 10.4 Å². The zero-order valence-corrected chi connectivity index (χ0v) is 11.4. The molecule has 0 fully saturated rings. The number of likely N-dealkylation sites (N-methyl/N-ethyl adjacent to an activating group) is 1. The van der Waals surface area contributed by atoms with E-state index >= 15 is 0 Å². The van der Waals surface area contributed by atoms with Crippen molar-refractivity contribution in [3.63, 3.8) is 0 Å². The number of ether oxygens (including phenoxy) is 1. The van der Waals surface area contributed by atoms with Gasteiger partial charge in [-0.1, -0.05) is 0 Å². The monoisotopic (exact) mass is 290 g/mol. The Balaban J connectivity index is 2.36. The number of benzene rings is 1. The van der Waals surface area contributed by atoms with Gasteiger partial charge in [0.2, 0.25) is 0 Å². The molecule has 0 unspecified atom stereocenters. The normalized spacial score (nSPS) is 10.9. The van der Waals surface area contributed by atoms with E-state index in [4.69, 9.17) is 4.74 Å². The number of rotatable bonds is 7.